The van der Waals surface area contributed by atoms with Crippen LogP contribution in [0.15, 0.2) is 23.1 Å². The number of alkyl halides is 3. The van der Waals surface area contributed by atoms with Gasteiger partial charge in [-0.2, -0.15) is 18.3 Å². The number of rotatable bonds is 3. The quantitative estimate of drug-likeness (QED) is 0.912. The molecule has 0 radical (unpaired) electrons. The van der Waals surface area contributed by atoms with Crippen LogP contribution in [0.1, 0.15) is 36.0 Å². The van der Waals surface area contributed by atoms with E-state index < -0.39 is 29.4 Å². The van der Waals surface area contributed by atoms with Crippen LogP contribution in [-0.4, -0.2) is 30.4 Å². The molecule has 0 saturated heterocycles. The van der Waals surface area contributed by atoms with Crippen LogP contribution in [-0.2, 0) is 23.9 Å². The summed E-state index contributed by atoms with van der Waals surface area (Å²) in [6, 6.07) is 1.08. The molecule has 0 bridgehead atoms. The first kappa shape index (κ1) is 16.2. The van der Waals surface area contributed by atoms with Crippen LogP contribution in [0, 0.1) is 0 Å². The second kappa shape index (κ2) is 5.77. The van der Waals surface area contributed by atoms with E-state index in [2.05, 4.69) is 10.1 Å². The number of aliphatic carboxylic acids is 1. The molecule has 0 aromatic carbocycles. The molecule has 7 nitrogen and oxygen atoms in total. The van der Waals surface area contributed by atoms with Gasteiger partial charge < -0.3 is 5.11 Å². The zero-order valence-corrected chi connectivity index (χ0v) is 12.3. The Kier molecular flexibility index (Phi) is 3.90. The predicted octanol–water partition coefficient (Wildman–Crippen LogP) is 1.47. The van der Waals surface area contributed by atoms with Gasteiger partial charge in [0.05, 0.1) is 17.8 Å². The van der Waals surface area contributed by atoms with Crippen molar-refractivity contribution < 1.29 is 23.1 Å². The Bertz CT molecular complexity index is 823. The molecule has 0 fully saturated rings. The molecule has 0 amide bonds. The number of hydrogen-bond acceptors (Lipinski definition) is 4. The number of carbonyl (C=O) groups is 1. The van der Waals surface area contributed by atoms with E-state index in [0.29, 0.717) is 31.3 Å². The third-order valence-electron chi connectivity index (χ3n) is 3.88. The molecule has 1 N–H and O–H groups in total. The van der Waals surface area contributed by atoms with E-state index in [9.17, 15) is 27.9 Å². The minimum Gasteiger partial charge on any atom is -0.480 e. The summed E-state index contributed by atoms with van der Waals surface area (Å²) in [6.45, 7) is -0.122. The topological polar surface area (TPSA) is 90.0 Å². The van der Waals surface area contributed by atoms with Gasteiger partial charge in [-0.1, -0.05) is 0 Å². The molecular weight excluding hydrogens is 329 g/mol. The summed E-state index contributed by atoms with van der Waals surface area (Å²) < 4.78 is 39.7. The highest BCUT2D eigenvalue weighted by Gasteiger charge is 2.31. The number of aryl methyl sites for hydroxylation is 1. The van der Waals surface area contributed by atoms with Crippen LogP contribution in [0.3, 0.4) is 0 Å². The standard InChI is InChI=1S/C14H13F3N4O3/c15-14(16,17)8-4-5-9(18-6-8)7-20-13(24)21-10(12(22)23)2-1-3-11(21)19-20/h4-6,10H,1-3,7H2,(H,22,23). The largest absolute Gasteiger partial charge is 0.480 e. The van der Waals surface area contributed by atoms with Gasteiger partial charge >= 0.3 is 17.8 Å². The second-order valence-corrected chi connectivity index (χ2v) is 5.51. The normalized spacial score (nSPS) is 17.5. The number of carboxylic acid groups (broad SMARTS) is 1. The first-order chi connectivity index (χ1) is 11.3. The lowest BCUT2D eigenvalue weighted by atomic mass is 10.1. The zero-order chi connectivity index (χ0) is 17.5. The summed E-state index contributed by atoms with van der Waals surface area (Å²) in [5.74, 6) is -0.740. The average molecular weight is 342 g/mol. The number of hydrogen-bond donors (Lipinski definition) is 1. The fraction of sp³-hybridized carbons (Fsp3) is 0.429. The molecule has 0 aliphatic carbocycles. The zero-order valence-electron chi connectivity index (χ0n) is 12.3. The first-order valence-electron chi connectivity index (χ1n) is 7.20. The summed E-state index contributed by atoms with van der Waals surface area (Å²) in [5, 5.41) is 13.3. The SMILES string of the molecule is O=C(O)C1CCCc2nn(Cc3ccc(C(F)(F)F)cn3)c(=O)n21. The first-order valence-corrected chi connectivity index (χ1v) is 7.20. The van der Waals surface area contributed by atoms with E-state index in [1.165, 1.54) is 6.07 Å². The molecule has 10 heteroatoms. The molecule has 1 unspecified atom stereocenters. The Hall–Kier alpha value is -2.65. The second-order valence-electron chi connectivity index (χ2n) is 5.51. The number of fused-ring (bicyclic) bond motifs is 1. The highest BCUT2D eigenvalue weighted by atomic mass is 19.4. The average Bonchev–Trinajstić information content (AvgIpc) is 2.83. The number of carboxylic acids is 1. The van der Waals surface area contributed by atoms with Crippen molar-refractivity contribution >= 4 is 5.97 Å². The molecule has 0 spiro atoms. The van der Waals surface area contributed by atoms with Crippen molar-refractivity contribution in [3.8, 4) is 0 Å². The van der Waals surface area contributed by atoms with E-state index in [-0.39, 0.29) is 12.2 Å². The molecule has 24 heavy (non-hydrogen) atoms. The molecule has 128 valence electrons. The summed E-state index contributed by atoms with van der Waals surface area (Å²) in [5.41, 5.74) is -1.25. The number of halogens is 3. The molecule has 3 heterocycles. The summed E-state index contributed by atoms with van der Waals surface area (Å²) >= 11 is 0. The van der Waals surface area contributed by atoms with Crippen molar-refractivity contribution in [2.24, 2.45) is 0 Å². The number of pyridine rings is 1. The van der Waals surface area contributed by atoms with E-state index in [4.69, 9.17) is 0 Å². The maximum atomic E-state index is 12.5. The maximum Gasteiger partial charge on any atom is 0.417 e. The molecule has 3 rings (SSSR count). The van der Waals surface area contributed by atoms with E-state index in [0.717, 1.165) is 15.3 Å². The van der Waals surface area contributed by atoms with Crippen molar-refractivity contribution in [1.29, 1.82) is 0 Å². The van der Waals surface area contributed by atoms with Gasteiger partial charge in [0.1, 0.15) is 11.9 Å². The molecule has 2 aromatic rings. The molecule has 1 atom stereocenters. The van der Waals surface area contributed by atoms with Gasteiger partial charge in [-0.05, 0) is 25.0 Å². The fourth-order valence-electron chi connectivity index (χ4n) is 2.71. The summed E-state index contributed by atoms with van der Waals surface area (Å²) in [7, 11) is 0. The van der Waals surface area contributed by atoms with Crippen LogP contribution in [0.2, 0.25) is 0 Å². The molecule has 1 aliphatic rings. The van der Waals surface area contributed by atoms with Crippen molar-refractivity contribution in [1.82, 2.24) is 19.3 Å². The molecule has 1 aliphatic heterocycles. The van der Waals surface area contributed by atoms with Crippen LogP contribution in [0.25, 0.3) is 0 Å². The lowest BCUT2D eigenvalue weighted by Gasteiger charge is -2.19. The molecule has 0 saturated carbocycles. The van der Waals surface area contributed by atoms with Gasteiger partial charge in [-0.3, -0.25) is 9.55 Å². The predicted molar refractivity (Wildman–Crippen MR) is 74.4 cm³/mol. The van der Waals surface area contributed by atoms with Crippen molar-refractivity contribution in [2.45, 2.75) is 38.0 Å². The Morgan fingerprint density at radius 3 is 2.71 bits per heavy atom. The van der Waals surface area contributed by atoms with Crippen molar-refractivity contribution in [3.05, 3.63) is 45.9 Å². The fourth-order valence-corrected chi connectivity index (χ4v) is 2.71. The van der Waals surface area contributed by atoms with Crippen molar-refractivity contribution in [2.75, 3.05) is 0 Å². The Balaban J connectivity index is 1.89. The minimum absolute atomic E-state index is 0.122. The Morgan fingerprint density at radius 2 is 2.12 bits per heavy atom. The van der Waals surface area contributed by atoms with Crippen LogP contribution in [0.4, 0.5) is 13.2 Å². The Labute approximate surface area is 133 Å². The van der Waals surface area contributed by atoms with Crippen molar-refractivity contribution in [3.63, 3.8) is 0 Å². The molecular formula is C14H13F3N4O3. The van der Waals surface area contributed by atoms with E-state index in [1.54, 1.807) is 0 Å². The smallest absolute Gasteiger partial charge is 0.417 e. The molecule has 2 aromatic heterocycles. The van der Waals surface area contributed by atoms with Gasteiger partial charge in [0.15, 0.2) is 0 Å². The Morgan fingerprint density at radius 1 is 1.38 bits per heavy atom. The van der Waals surface area contributed by atoms with Gasteiger partial charge in [0.2, 0.25) is 0 Å². The van der Waals surface area contributed by atoms with E-state index in [1.807, 2.05) is 0 Å². The maximum absolute atomic E-state index is 12.5. The number of aromatic nitrogens is 4. The van der Waals surface area contributed by atoms with Gasteiger partial charge in [-0.25, -0.2) is 14.3 Å². The van der Waals surface area contributed by atoms with E-state index >= 15 is 0 Å². The van der Waals surface area contributed by atoms with Gasteiger partial charge in [0, 0.05) is 12.6 Å². The monoisotopic (exact) mass is 342 g/mol. The lowest BCUT2D eigenvalue weighted by Crippen LogP contribution is -2.34. The van der Waals surface area contributed by atoms with Crippen LogP contribution < -0.4 is 5.69 Å². The minimum atomic E-state index is -4.48. The number of nitrogens with zero attached hydrogens (tertiary/aromatic N) is 4. The highest BCUT2D eigenvalue weighted by Crippen LogP contribution is 2.28. The third-order valence-corrected chi connectivity index (χ3v) is 3.88. The highest BCUT2D eigenvalue weighted by molar-refractivity contribution is 5.72. The summed E-state index contributed by atoms with van der Waals surface area (Å²) in [4.78, 5) is 27.3. The van der Waals surface area contributed by atoms with Crippen LogP contribution >= 0.6 is 0 Å². The third kappa shape index (κ3) is 2.91. The van der Waals surface area contributed by atoms with Crippen LogP contribution in [0.5, 0.6) is 0 Å². The van der Waals surface area contributed by atoms with Gasteiger partial charge in [-0.15, -0.1) is 0 Å². The summed E-state index contributed by atoms with van der Waals surface area (Å²) in [6.07, 6.45) is -2.37. The lowest BCUT2D eigenvalue weighted by molar-refractivity contribution is -0.141. The van der Waals surface area contributed by atoms with Gasteiger partial charge in [0.25, 0.3) is 0 Å².